The van der Waals surface area contributed by atoms with Gasteiger partial charge in [-0.05, 0) is 51.0 Å². The molecule has 0 saturated carbocycles. The Kier molecular flexibility index (Phi) is 8.67. The fourth-order valence-electron chi connectivity index (χ4n) is 1.57. The largest absolute Gasteiger partial charge is 0.103 e. The van der Waals surface area contributed by atoms with Crippen LogP contribution in [0.2, 0.25) is 0 Å². The summed E-state index contributed by atoms with van der Waals surface area (Å²) in [5.41, 5.74) is 1.38. The maximum atomic E-state index is 3.25. The Morgan fingerprint density at radius 3 is 2.61 bits per heavy atom. The van der Waals surface area contributed by atoms with Crippen molar-refractivity contribution in [1.29, 1.82) is 0 Å². The standard InChI is InChI=1S/C17H21I/c1-2-3-4-5-6-10-13-17(18)15-14-16-11-8-7-9-12-16/h7-9,11-12,15H,2-4,10,13-14H2,1H3/b17-15-. The fourth-order valence-corrected chi connectivity index (χ4v) is 2.06. The number of benzene rings is 1. The van der Waals surface area contributed by atoms with Crippen molar-refractivity contribution in [3.05, 3.63) is 45.6 Å². The first-order valence-electron chi connectivity index (χ1n) is 6.67. The Balaban J connectivity index is 2.23. The van der Waals surface area contributed by atoms with Gasteiger partial charge in [-0.3, -0.25) is 0 Å². The Morgan fingerprint density at radius 1 is 1.17 bits per heavy atom. The minimum absolute atomic E-state index is 0.993. The van der Waals surface area contributed by atoms with E-state index in [0.717, 1.165) is 25.7 Å². The molecule has 0 amide bonds. The molecule has 1 aromatic rings. The van der Waals surface area contributed by atoms with Crippen molar-refractivity contribution < 1.29 is 0 Å². The minimum atomic E-state index is 0.993. The van der Waals surface area contributed by atoms with E-state index < -0.39 is 0 Å². The molecule has 0 aliphatic heterocycles. The normalized spacial score (nSPS) is 10.9. The molecule has 0 aliphatic rings. The van der Waals surface area contributed by atoms with Crippen molar-refractivity contribution in [1.82, 2.24) is 0 Å². The molecule has 0 saturated heterocycles. The minimum Gasteiger partial charge on any atom is -0.103 e. The molecule has 18 heavy (non-hydrogen) atoms. The third-order valence-electron chi connectivity index (χ3n) is 2.67. The number of rotatable bonds is 6. The predicted octanol–water partition coefficient (Wildman–Crippen LogP) is 5.52. The highest BCUT2D eigenvalue weighted by Crippen LogP contribution is 2.14. The van der Waals surface area contributed by atoms with E-state index in [0.29, 0.717) is 0 Å². The van der Waals surface area contributed by atoms with Gasteiger partial charge >= 0.3 is 0 Å². The molecular weight excluding hydrogens is 331 g/mol. The van der Waals surface area contributed by atoms with Crippen LogP contribution in [-0.4, -0.2) is 0 Å². The zero-order valence-corrected chi connectivity index (χ0v) is 13.2. The van der Waals surface area contributed by atoms with Crippen molar-refractivity contribution in [2.24, 2.45) is 0 Å². The lowest BCUT2D eigenvalue weighted by Crippen LogP contribution is -1.81. The monoisotopic (exact) mass is 352 g/mol. The van der Waals surface area contributed by atoms with Crippen LogP contribution >= 0.6 is 22.6 Å². The first-order valence-corrected chi connectivity index (χ1v) is 7.75. The fraction of sp³-hybridized carbons (Fsp3) is 0.412. The highest BCUT2D eigenvalue weighted by molar-refractivity contribution is 14.1. The average molecular weight is 352 g/mol. The van der Waals surface area contributed by atoms with Gasteiger partial charge in [0.1, 0.15) is 0 Å². The third kappa shape index (κ3) is 7.55. The maximum absolute atomic E-state index is 3.25. The number of hydrogen-bond acceptors (Lipinski definition) is 0. The van der Waals surface area contributed by atoms with Crippen LogP contribution in [0, 0.1) is 11.8 Å². The van der Waals surface area contributed by atoms with Crippen LogP contribution in [0.1, 0.15) is 44.6 Å². The van der Waals surface area contributed by atoms with E-state index in [1.807, 2.05) is 0 Å². The van der Waals surface area contributed by atoms with E-state index in [2.05, 4.69) is 77.8 Å². The molecule has 0 atom stereocenters. The molecule has 0 spiro atoms. The Hall–Kier alpha value is -0.750. The van der Waals surface area contributed by atoms with E-state index in [1.54, 1.807) is 0 Å². The number of allylic oxidation sites excluding steroid dienone is 2. The topological polar surface area (TPSA) is 0 Å². The zero-order valence-electron chi connectivity index (χ0n) is 11.1. The molecule has 1 heteroatoms. The van der Waals surface area contributed by atoms with Crippen LogP contribution < -0.4 is 0 Å². The summed E-state index contributed by atoms with van der Waals surface area (Å²) in [6.07, 6.45) is 8.95. The number of halogens is 1. The molecule has 96 valence electrons. The van der Waals surface area contributed by atoms with Crippen LogP contribution in [0.25, 0.3) is 0 Å². The van der Waals surface area contributed by atoms with E-state index in [9.17, 15) is 0 Å². The van der Waals surface area contributed by atoms with Crippen LogP contribution in [0.5, 0.6) is 0 Å². The van der Waals surface area contributed by atoms with Crippen molar-refractivity contribution in [3.8, 4) is 11.8 Å². The molecule has 0 heterocycles. The maximum Gasteiger partial charge on any atom is 0.0133 e. The molecule has 0 N–H and O–H groups in total. The highest BCUT2D eigenvalue weighted by atomic mass is 127. The quantitative estimate of drug-likeness (QED) is 0.359. The molecule has 0 radical (unpaired) electrons. The molecule has 0 bridgehead atoms. The lowest BCUT2D eigenvalue weighted by Gasteiger charge is -1.97. The average Bonchev–Trinajstić information content (AvgIpc) is 2.41. The van der Waals surface area contributed by atoms with E-state index in [-0.39, 0.29) is 0 Å². The van der Waals surface area contributed by atoms with Crippen LogP contribution in [0.15, 0.2) is 40.0 Å². The van der Waals surface area contributed by atoms with Gasteiger partial charge in [-0.15, -0.1) is 11.8 Å². The van der Waals surface area contributed by atoms with E-state index in [1.165, 1.54) is 22.0 Å². The number of hydrogen-bond donors (Lipinski definition) is 0. The summed E-state index contributed by atoms with van der Waals surface area (Å²) >= 11 is 2.43. The zero-order chi connectivity index (χ0) is 13.1. The van der Waals surface area contributed by atoms with Crippen molar-refractivity contribution in [3.63, 3.8) is 0 Å². The SMILES string of the molecule is CCCCC#CCC/C(I)=C/Cc1ccccc1. The highest BCUT2D eigenvalue weighted by Gasteiger charge is 1.92. The van der Waals surface area contributed by atoms with Gasteiger partial charge in [0, 0.05) is 12.8 Å². The molecular formula is C17H21I. The smallest absolute Gasteiger partial charge is 0.0133 e. The first-order chi connectivity index (χ1) is 8.83. The van der Waals surface area contributed by atoms with Gasteiger partial charge in [-0.25, -0.2) is 0 Å². The van der Waals surface area contributed by atoms with Gasteiger partial charge in [0.05, 0.1) is 0 Å². The summed E-state index contributed by atoms with van der Waals surface area (Å²) < 4.78 is 1.42. The summed E-state index contributed by atoms with van der Waals surface area (Å²) in [7, 11) is 0. The van der Waals surface area contributed by atoms with Crippen LogP contribution in [0.3, 0.4) is 0 Å². The molecule has 0 aromatic heterocycles. The summed E-state index contributed by atoms with van der Waals surface area (Å²) in [6, 6.07) is 10.6. The molecule has 0 aliphatic carbocycles. The third-order valence-corrected chi connectivity index (χ3v) is 3.65. The molecule has 1 rings (SSSR count). The second kappa shape index (κ2) is 10.2. The molecule has 0 fully saturated rings. The van der Waals surface area contributed by atoms with Crippen LogP contribution in [0.4, 0.5) is 0 Å². The summed E-state index contributed by atoms with van der Waals surface area (Å²) in [6.45, 7) is 2.21. The number of unbranched alkanes of at least 4 members (excludes halogenated alkanes) is 2. The molecule has 0 nitrogen and oxygen atoms in total. The van der Waals surface area contributed by atoms with Gasteiger partial charge < -0.3 is 0 Å². The molecule has 1 aromatic carbocycles. The van der Waals surface area contributed by atoms with Gasteiger partial charge in [0.15, 0.2) is 0 Å². The lowest BCUT2D eigenvalue weighted by atomic mass is 10.1. The Bertz CT molecular complexity index is 406. The Morgan fingerprint density at radius 2 is 1.89 bits per heavy atom. The van der Waals surface area contributed by atoms with E-state index in [4.69, 9.17) is 0 Å². The summed E-state index contributed by atoms with van der Waals surface area (Å²) in [5, 5.41) is 0. The van der Waals surface area contributed by atoms with Crippen molar-refractivity contribution in [2.45, 2.75) is 45.4 Å². The van der Waals surface area contributed by atoms with E-state index >= 15 is 0 Å². The predicted molar refractivity (Wildman–Crippen MR) is 88.8 cm³/mol. The second-order valence-corrected chi connectivity index (χ2v) is 5.68. The van der Waals surface area contributed by atoms with Crippen molar-refractivity contribution in [2.75, 3.05) is 0 Å². The van der Waals surface area contributed by atoms with Gasteiger partial charge in [0.2, 0.25) is 0 Å². The lowest BCUT2D eigenvalue weighted by molar-refractivity contribution is 0.827. The summed E-state index contributed by atoms with van der Waals surface area (Å²) in [4.78, 5) is 0. The first kappa shape index (κ1) is 15.3. The van der Waals surface area contributed by atoms with Gasteiger partial charge in [0.25, 0.3) is 0 Å². The van der Waals surface area contributed by atoms with Crippen molar-refractivity contribution >= 4 is 22.6 Å². The molecule has 0 unspecified atom stereocenters. The van der Waals surface area contributed by atoms with Crippen LogP contribution in [-0.2, 0) is 6.42 Å². The summed E-state index contributed by atoms with van der Waals surface area (Å²) in [5.74, 6) is 6.49. The van der Waals surface area contributed by atoms with Gasteiger partial charge in [-0.1, -0.05) is 49.8 Å². The van der Waals surface area contributed by atoms with Gasteiger partial charge in [-0.2, -0.15) is 0 Å². The Labute approximate surface area is 125 Å². The second-order valence-electron chi connectivity index (χ2n) is 4.30.